The number of benzene rings is 1. The second kappa shape index (κ2) is 8.17. The van der Waals surface area contributed by atoms with Crippen LogP contribution in [-0.4, -0.2) is 53.7 Å². The molecule has 1 aromatic carbocycles. The van der Waals surface area contributed by atoms with E-state index in [-0.39, 0.29) is 18.5 Å². The number of nitrogens with zero attached hydrogens (tertiary/aromatic N) is 1. The standard InChI is InChI=1S/C16H21ClN2O4/c1-11(16(21)22)19(13-4-5-13)10-15(20)18-8-9-23-14-6-2-12(17)3-7-14/h2-3,6-7,11,13H,4-5,8-10H2,1H3,(H,18,20)(H,21,22). The lowest BCUT2D eigenvalue weighted by atomic mass is 10.2. The van der Waals surface area contributed by atoms with Crippen LogP contribution >= 0.6 is 11.6 Å². The molecule has 2 N–H and O–H groups in total. The van der Waals surface area contributed by atoms with Crippen molar-refractivity contribution in [1.29, 1.82) is 0 Å². The minimum Gasteiger partial charge on any atom is -0.492 e. The van der Waals surface area contributed by atoms with Crippen molar-refractivity contribution in [2.45, 2.75) is 31.8 Å². The summed E-state index contributed by atoms with van der Waals surface area (Å²) in [6, 6.07) is 6.53. The second-order valence-electron chi connectivity index (χ2n) is 5.57. The molecule has 1 amide bonds. The maximum absolute atomic E-state index is 12.0. The Balaban J connectivity index is 1.69. The van der Waals surface area contributed by atoms with Gasteiger partial charge in [-0.3, -0.25) is 14.5 Å². The van der Waals surface area contributed by atoms with Crippen LogP contribution in [0.2, 0.25) is 5.02 Å². The number of nitrogens with one attached hydrogen (secondary N) is 1. The van der Waals surface area contributed by atoms with Crippen LogP contribution in [0.15, 0.2) is 24.3 Å². The molecule has 1 aliphatic rings. The van der Waals surface area contributed by atoms with E-state index >= 15 is 0 Å². The van der Waals surface area contributed by atoms with Crippen LogP contribution in [-0.2, 0) is 9.59 Å². The van der Waals surface area contributed by atoms with Gasteiger partial charge in [-0.15, -0.1) is 0 Å². The van der Waals surface area contributed by atoms with Crippen molar-refractivity contribution in [3.63, 3.8) is 0 Å². The van der Waals surface area contributed by atoms with Crippen molar-refractivity contribution in [2.75, 3.05) is 19.7 Å². The molecule has 7 heteroatoms. The van der Waals surface area contributed by atoms with Crippen molar-refractivity contribution < 1.29 is 19.4 Å². The molecule has 1 aromatic rings. The molecule has 6 nitrogen and oxygen atoms in total. The Labute approximate surface area is 140 Å². The summed E-state index contributed by atoms with van der Waals surface area (Å²) in [7, 11) is 0. The zero-order chi connectivity index (χ0) is 16.8. The van der Waals surface area contributed by atoms with Gasteiger partial charge in [-0.2, -0.15) is 0 Å². The largest absolute Gasteiger partial charge is 0.492 e. The summed E-state index contributed by atoms with van der Waals surface area (Å²) in [5.41, 5.74) is 0. The van der Waals surface area contributed by atoms with Gasteiger partial charge in [0.15, 0.2) is 0 Å². The van der Waals surface area contributed by atoms with Crippen molar-refractivity contribution in [2.24, 2.45) is 0 Å². The van der Waals surface area contributed by atoms with Crippen LogP contribution in [0.1, 0.15) is 19.8 Å². The SMILES string of the molecule is CC(C(=O)O)N(CC(=O)NCCOc1ccc(Cl)cc1)C1CC1. The van der Waals surface area contributed by atoms with Crippen molar-refractivity contribution >= 4 is 23.5 Å². The molecule has 1 saturated carbocycles. The molecule has 23 heavy (non-hydrogen) atoms. The molecule has 2 rings (SSSR count). The number of carbonyl (C=O) groups is 2. The molecule has 0 heterocycles. The van der Waals surface area contributed by atoms with Crippen LogP contribution in [0, 0.1) is 0 Å². The van der Waals surface area contributed by atoms with Gasteiger partial charge in [0.25, 0.3) is 0 Å². The van der Waals surface area contributed by atoms with Gasteiger partial charge in [0, 0.05) is 11.1 Å². The van der Waals surface area contributed by atoms with E-state index in [2.05, 4.69) is 5.32 Å². The normalized spacial score (nSPS) is 15.3. The first kappa shape index (κ1) is 17.6. The number of halogens is 1. The number of hydrogen-bond acceptors (Lipinski definition) is 4. The Kier molecular flexibility index (Phi) is 6.24. The van der Waals surface area contributed by atoms with E-state index in [4.69, 9.17) is 21.4 Å². The smallest absolute Gasteiger partial charge is 0.320 e. The van der Waals surface area contributed by atoms with E-state index in [0.29, 0.717) is 23.9 Å². The van der Waals surface area contributed by atoms with Crippen LogP contribution in [0.25, 0.3) is 0 Å². The Bertz CT molecular complexity index is 546. The van der Waals surface area contributed by atoms with Crippen LogP contribution in [0.4, 0.5) is 0 Å². The monoisotopic (exact) mass is 340 g/mol. The van der Waals surface area contributed by atoms with Gasteiger partial charge in [0.1, 0.15) is 18.4 Å². The molecule has 1 fully saturated rings. The highest BCUT2D eigenvalue weighted by atomic mass is 35.5. The maximum Gasteiger partial charge on any atom is 0.320 e. The predicted octanol–water partition coefficient (Wildman–Crippen LogP) is 1.77. The van der Waals surface area contributed by atoms with E-state index in [1.807, 2.05) is 0 Å². The third-order valence-electron chi connectivity index (χ3n) is 3.70. The van der Waals surface area contributed by atoms with Gasteiger partial charge in [-0.05, 0) is 44.0 Å². The molecule has 0 spiro atoms. The Hall–Kier alpha value is -1.79. The van der Waals surface area contributed by atoms with Gasteiger partial charge in [0.05, 0.1) is 13.1 Å². The Morgan fingerprint density at radius 3 is 2.61 bits per heavy atom. The minimum absolute atomic E-state index is 0.0963. The number of carboxylic acid groups (broad SMARTS) is 1. The van der Waals surface area contributed by atoms with Gasteiger partial charge < -0.3 is 15.2 Å². The third-order valence-corrected chi connectivity index (χ3v) is 3.96. The quantitative estimate of drug-likeness (QED) is 0.670. The molecule has 1 unspecified atom stereocenters. The summed E-state index contributed by atoms with van der Waals surface area (Å²) >= 11 is 5.78. The lowest BCUT2D eigenvalue weighted by Gasteiger charge is -2.25. The van der Waals surface area contributed by atoms with Gasteiger partial charge in [-0.25, -0.2) is 0 Å². The van der Waals surface area contributed by atoms with E-state index in [0.717, 1.165) is 12.8 Å². The molecule has 0 aromatic heterocycles. The van der Waals surface area contributed by atoms with Crippen molar-refractivity contribution in [1.82, 2.24) is 10.2 Å². The number of ether oxygens (including phenoxy) is 1. The second-order valence-corrected chi connectivity index (χ2v) is 6.01. The molecule has 1 atom stereocenters. The topological polar surface area (TPSA) is 78.9 Å². The van der Waals surface area contributed by atoms with E-state index in [1.165, 1.54) is 0 Å². The summed E-state index contributed by atoms with van der Waals surface area (Å²) in [5, 5.41) is 12.5. The zero-order valence-corrected chi connectivity index (χ0v) is 13.8. The number of carboxylic acids is 1. The summed E-state index contributed by atoms with van der Waals surface area (Å²) < 4.78 is 5.48. The zero-order valence-electron chi connectivity index (χ0n) is 13.0. The van der Waals surface area contributed by atoms with E-state index in [9.17, 15) is 9.59 Å². The fraction of sp³-hybridized carbons (Fsp3) is 0.500. The van der Waals surface area contributed by atoms with E-state index < -0.39 is 12.0 Å². The Morgan fingerprint density at radius 2 is 2.04 bits per heavy atom. The van der Waals surface area contributed by atoms with Crippen LogP contribution in [0.3, 0.4) is 0 Å². The average Bonchev–Trinajstić information content (AvgIpc) is 3.35. The molecule has 1 aliphatic carbocycles. The number of aliphatic carboxylic acids is 1. The maximum atomic E-state index is 12.0. The average molecular weight is 341 g/mol. The summed E-state index contributed by atoms with van der Waals surface area (Å²) in [5.74, 6) is -0.414. The van der Waals surface area contributed by atoms with Crippen molar-refractivity contribution in [3.05, 3.63) is 29.3 Å². The lowest BCUT2D eigenvalue weighted by molar-refractivity contribution is -0.143. The highest BCUT2D eigenvalue weighted by molar-refractivity contribution is 6.30. The predicted molar refractivity (Wildman–Crippen MR) is 86.8 cm³/mol. The summed E-state index contributed by atoms with van der Waals surface area (Å²) in [6.45, 7) is 2.41. The first-order chi connectivity index (χ1) is 11.0. The van der Waals surface area contributed by atoms with E-state index in [1.54, 1.807) is 36.1 Å². The highest BCUT2D eigenvalue weighted by Gasteiger charge is 2.35. The van der Waals surface area contributed by atoms with Gasteiger partial charge in [0.2, 0.25) is 5.91 Å². The molecule has 0 bridgehead atoms. The van der Waals surface area contributed by atoms with Crippen LogP contribution < -0.4 is 10.1 Å². The summed E-state index contributed by atoms with van der Waals surface area (Å²) in [4.78, 5) is 24.8. The third kappa shape index (κ3) is 5.73. The Morgan fingerprint density at radius 1 is 1.39 bits per heavy atom. The van der Waals surface area contributed by atoms with Gasteiger partial charge in [-0.1, -0.05) is 11.6 Å². The molecule has 126 valence electrons. The number of amides is 1. The molecule has 0 saturated heterocycles. The minimum atomic E-state index is -0.907. The van der Waals surface area contributed by atoms with Crippen LogP contribution in [0.5, 0.6) is 5.75 Å². The molecule has 0 radical (unpaired) electrons. The summed E-state index contributed by atoms with van der Waals surface area (Å²) in [6.07, 6.45) is 1.90. The fourth-order valence-electron chi connectivity index (χ4n) is 2.24. The van der Waals surface area contributed by atoms with Crippen molar-refractivity contribution in [3.8, 4) is 5.75 Å². The van der Waals surface area contributed by atoms with Gasteiger partial charge >= 0.3 is 5.97 Å². The first-order valence-corrected chi connectivity index (χ1v) is 7.99. The molecule has 0 aliphatic heterocycles. The molecular weight excluding hydrogens is 320 g/mol. The number of rotatable bonds is 9. The highest BCUT2D eigenvalue weighted by Crippen LogP contribution is 2.28. The fourth-order valence-corrected chi connectivity index (χ4v) is 2.37. The number of carbonyl (C=O) groups excluding carboxylic acids is 1. The molecular formula is C16H21ClN2O4. The first-order valence-electron chi connectivity index (χ1n) is 7.61. The number of hydrogen-bond donors (Lipinski definition) is 2. The lowest BCUT2D eigenvalue weighted by Crippen LogP contribution is -2.46.